The molecule has 2 saturated carbocycles. The van der Waals surface area contributed by atoms with Crippen LogP contribution < -0.4 is 0 Å². The van der Waals surface area contributed by atoms with Crippen LogP contribution in [0.3, 0.4) is 0 Å². The molecule has 0 heterocycles. The first kappa shape index (κ1) is 22.4. The molecule has 2 aliphatic carbocycles. The molecule has 10 radical (unpaired) electrons. The zero-order chi connectivity index (χ0) is 16.0. The van der Waals surface area contributed by atoms with Crippen LogP contribution in [-0.2, 0) is 17.1 Å². The molecule has 0 aromatic heterocycles. The number of aliphatic hydroxyl groups is 1. The Balaban J connectivity index is 0.000000622. The van der Waals surface area contributed by atoms with Crippen LogP contribution in [0.25, 0.3) is 0 Å². The van der Waals surface area contributed by atoms with E-state index in [1.807, 2.05) is 44.9 Å². The van der Waals surface area contributed by atoms with E-state index in [1.54, 1.807) is 0 Å². The SMILES string of the molecule is C[C@@H]([C]1[CH][CH][CH][C]1[C@H](O)C(C)(C)C)N(C)C.[CH]1[CH][CH][CH][CH]1.[Fe]. The first-order valence-corrected chi connectivity index (χ1v) is 7.51. The second kappa shape index (κ2) is 10.3. The summed E-state index contributed by atoms with van der Waals surface area (Å²) >= 11 is 0. The third-order valence-corrected chi connectivity index (χ3v) is 3.78. The first-order chi connectivity index (χ1) is 9.75. The molecule has 0 unspecified atom stereocenters. The Morgan fingerprint density at radius 3 is 1.64 bits per heavy atom. The number of hydrogen-bond acceptors (Lipinski definition) is 2. The molecular formula is C19H29FeNO. The van der Waals surface area contributed by atoms with E-state index >= 15 is 0 Å². The van der Waals surface area contributed by atoms with Crippen LogP contribution in [0.4, 0.5) is 0 Å². The Hall–Kier alpha value is 0.439. The Labute approximate surface area is 149 Å². The van der Waals surface area contributed by atoms with Crippen molar-refractivity contribution in [1.29, 1.82) is 0 Å². The summed E-state index contributed by atoms with van der Waals surface area (Å²) in [6.45, 7) is 8.35. The first-order valence-electron chi connectivity index (χ1n) is 7.51. The van der Waals surface area contributed by atoms with Crippen LogP contribution >= 0.6 is 0 Å². The van der Waals surface area contributed by atoms with Gasteiger partial charge in [-0.25, -0.2) is 0 Å². The van der Waals surface area contributed by atoms with E-state index in [0.29, 0.717) is 6.04 Å². The third kappa shape index (κ3) is 6.91. The molecule has 0 saturated heterocycles. The van der Waals surface area contributed by atoms with Crippen molar-refractivity contribution in [2.24, 2.45) is 5.41 Å². The Kier molecular flexibility index (Phi) is 10.5. The van der Waals surface area contributed by atoms with Gasteiger partial charge in [-0.1, -0.05) is 20.8 Å². The van der Waals surface area contributed by atoms with Gasteiger partial charge in [-0.05, 0) is 77.8 Å². The van der Waals surface area contributed by atoms with Crippen LogP contribution in [-0.4, -0.2) is 36.2 Å². The van der Waals surface area contributed by atoms with Gasteiger partial charge in [-0.3, -0.25) is 0 Å². The maximum Gasteiger partial charge on any atom is 0.0660 e. The van der Waals surface area contributed by atoms with E-state index in [-0.39, 0.29) is 22.5 Å². The monoisotopic (exact) mass is 343 g/mol. The van der Waals surface area contributed by atoms with E-state index in [0.717, 1.165) is 5.92 Å². The quantitative estimate of drug-likeness (QED) is 0.796. The van der Waals surface area contributed by atoms with Gasteiger partial charge in [0.2, 0.25) is 0 Å². The number of nitrogens with zero attached hydrogens (tertiary/aromatic N) is 1. The summed E-state index contributed by atoms with van der Waals surface area (Å²) in [7, 11) is 4.12. The Bertz CT molecular complexity index is 276. The molecule has 2 fully saturated rings. The molecule has 0 amide bonds. The van der Waals surface area contributed by atoms with Crippen molar-refractivity contribution in [3.8, 4) is 0 Å². The van der Waals surface area contributed by atoms with E-state index < -0.39 is 6.10 Å². The van der Waals surface area contributed by atoms with Crippen molar-refractivity contribution in [3.63, 3.8) is 0 Å². The van der Waals surface area contributed by atoms with Gasteiger partial charge < -0.3 is 10.0 Å². The molecule has 0 aromatic rings. The van der Waals surface area contributed by atoms with E-state index in [4.69, 9.17) is 0 Å². The minimum absolute atomic E-state index is 0. The Morgan fingerprint density at radius 2 is 1.27 bits per heavy atom. The second-order valence-electron chi connectivity index (χ2n) is 6.81. The summed E-state index contributed by atoms with van der Waals surface area (Å²) < 4.78 is 0. The molecule has 3 heteroatoms. The van der Waals surface area contributed by atoms with E-state index in [2.05, 4.69) is 53.1 Å². The minimum atomic E-state index is -0.403. The van der Waals surface area contributed by atoms with Crippen LogP contribution in [0.5, 0.6) is 0 Å². The average Bonchev–Trinajstić information content (AvgIpc) is 3.09. The normalized spacial score (nSPS) is 22.9. The number of hydrogen-bond donors (Lipinski definition) is 1. The molecule has 22 heavy (non-hydrogen) atoms. The molecule has 2 atom stereocenters. The Morgan fingerprint density at radius 1 is 0.864 bits per heavy atom. The van der Waals surface area contributed by atoms with E-state index in [1.165, 1.54) is 5.92 Å². The maximum absolute atomic E-state index is 10.3. The summed E-state index contributed by atoms with van der Waals surface area (Å²) in [4.78, 5) is 2.16. The fraction of sp³-hybridized carbons (Fsp3) is 0.474. The summed E-state index contributed by atoms with van der Waals surface area (Å²) in [5, 5.41) is 10.3. The second-order valence-corrected chi connectivity index (χ2v) is 6.81. The van der Waals surface area contributed by atoms with Crippen LogP contribution in [0.15, 0.2) is 0 Å². The van der Waals surface area contributed by atoms with Crippen molar-refractivity contribution >= 4 is 0 Å². The van der Waals surface area contributed by atoms with Gasteiger partial charge >= 0.3 is 0 Å². The van der Waals surface area contributed by atoms with Crippen LogP contribution in [0, 0.1) is 68.6 Å². The van der Waals surface area contributed by atoms with Crippen molar-refractivity contribution in [3.05, 3.63) is 63.2 Å². The summed E-state index contributed by atoms with van der Waals surface area (Å²) in [5.41, 5.74) is -0.116. The standard InChI is InChI=1S/C14H24NO.C5H5.Fe/c1-10(15(5)6)11-8-7-9-12(11)13(16)14(2,3)4;1-2-4-5-3-1;/h7-10,13,16H,1-6H3;1-5H;/t10-,13-;;/m0../s1. The van der Waals surface area contributed by atoms with Crippen molar-refractivity contribution in [2.75, 3.05) is 14.1 Å². The molecular weight excluding hydrogens is 314 g/mol. The minimum Gasteiger partial charge on any atom is -0.392 e. The number of rotatable bonds is 3. The molecule has 124 valence electrons. The van der Waals surface area contributed by atoms with Gasteiger partial charge in [0.15, 0.2) is 0 Å². The summed E-state index contributed by atoms with van der Waals surface area (Å²) in [6.07, 6.45) is 15.8. The van der Waals surface area contributed by atoms with Gasteiger partial charge in [-0.2, -0.15) is 0 Å². The summed E-state index contributed by atoms with van der Waals surface area (Å²) in [6, 6.07) is 0.335. The van der Waals surface area contributed by atoms with Crippen molar-refractivity contribution < 1.29 is 22.2 Å². The molecule has 2 aliphatic rings. The smallest absolute Gasteiger partial charge is 0.0660 e. The molecule has 1 N–H and O–H groups in total. The topological polar surface area (TPSA) is 23.5 Å². The van der Waals surface area contributed by atoms with Crippen molar-refractivity contribution in [1.82, 2.24) is 4.90 Å². The zero-order valence-corrected chi connectivity index (χ0v) is 15.6. The van der Waals surface area contributed by atoms with E-state index in [9.17, 15) is 5.11 Å². The fourth-order valence-corrected chi connectivity index (χ4v) is 2.14. The molecule has 0 aromatic carbocycles. The molecule has 2 nitrogen and oxygen atoms in total. The molecule has 2 rings (SSSR count). The van der Waals surface area contributed by atoms with Crippen molar-refractivity contribution in [2.45, 2.75) is 39.8 Å². The fourth-order valence-electron chi connectivity index (χ4n) is 2.14. The molecule has 0 bridgehead atoms. The molecule has 0 aliphatic heterocycles. The average molecular weight is 343 g/mol. The third-order valence-electron chi connectivity index (χ3n) is 3.78. The van der Waals surface area contributed by atoms with Gasteiger partial charge in [0.1, 0.15) is 0 Å². The summed E-state index contributed by atoms with van der Waals surface area (Å²) in [5.74, 6) is 2.29. The number of aliphatic hydroxyl groups excluding tert-OH is 1. The molecule has 0 spiro atoms. The largest absolute Gasteiger partial charge is 0.392 e. The van der Waals surface area contributed by atoms with Gasteiger partial charge in [-0.15, -0.1) is 0 Å². The maximum atomic E-state index is 10.3. The van der Waals surface area contributed by atoms with Gasteiger partial charge in [0.05, 0.1) is 6.10 Å². The van der Waals surface area contributed by atoms with Crippen LogP contribution in [0.1, 0.15) is 27.7 Å². The predicted molar refractivity (Wildman–Crippen MR) is 89.5 cm³/mol. The predicted octanol–water partition coefficient (Wildman–Crippen LogP) is 3.14. The zero-order valence-electron chi connectivity index (χ0n) is 14.5. The van der Waals surface area contributed by atoms with Gasteiger partial charge in [0, 0.05) is 34.9 Å². The van der Waals surface area contributed by atoms with Gasteiger partial charge in [0.25, 0.3) is 0 Å². The van der Waals surface area contributed by atoms with Crippen LogP contribution in [0.2, 0.25) is 0 Å².